The predicted molar refractivity (Wildman–Crippen MR) is 75.5 cm³/mol. The van der Waals surface area contributed by atoms with E-state index in [1.54, 1.807) is 25.8 Å². The highest BCUT2D eigenvalue weighted by atomic mass is 16.4. The molecule has 116 valence electrons. The van der Waals surface area contributed by atoms with E-state index < -0.39 is 11.6 Å². The van der Waals surface area contributed by atoms with Crippen LogP contribution in [0.5, 0.6) is 0 Å². The number of carboxylic acid groups (broad SMARTS) is 1. The Hall–Kier alpha value is -1.30. The fraction of sp³-hybridized carbons (Fsp3) is 0.857. The highest BCUT2D eigenvalue weighted by Crippen LogP contribution is 2.22. The monoisotopic (exact) mass is 286 g/mol. The van der Waals surface area contributed by atoms with Crippen molar-refractivity contribution in [2.24, 2.45) is 5.92 Å². The number of aliphatic hydroxyl groups is 1. The summed E-state index contributed by atoms with van der Waals surface area (Å²) in [4.78, 5) is 26.2. The van der Waals surface area contributed by atoms with Crippen molar-refractivity contribution in [3.05, 3.63) is 0 Å². The second kappa shape index (κ2) is 6.92. The minimum atomic E-state index is -0.914. The van der Waals surface area contributed by atoms with Crippen molar-refractivity contribution < 1.29 is 19.8 Å². The number of piperidine rings is 1. The van der Waals surface area contributed by atoms with Crippen LogP contribution < -0.4 is 0 Å². The van der Waals surface area contributed by atoms with Gasteiger partial charge in [0.15, 0.2) is 0 Å². The summed E-state index contributed by atoms with van der Waals surface area (Å²) in [6.07, 6.45) is 2.67. The summed E-state index contributed by atoms with van der Waals surface area (Å²) >= 11 is 0. The van der Waals surface area contributed by atoms with Gasteiger partial charge in [0.2, 0.25) is 0 Å². The van der Waals surface area contributed by atoms with Gasteiger partial charge in [-0.3, -0.25) is 4.79 Å². The molecule has 1 atom stereocenters. The van der Waals surface area contributed by atoms with E-state index in [1.165, 1.54) is 4.90 Å². The van der Waals surface area contributed by atoms with Gasteiger partial charge in [-0.15, -0.1) is 0 Å². The summed E-state index contributed by atoms with van der Waals surface area (Å²) in [6.45, 7) is 4.94. The predicted octanol–water partition coefficient (Wildman–Crippen LogP) is 1.39. The molecule has 1 rings (SSSR count). The van der Waals surface area contributed by atoms with Crippen LogP contribution in [0.25, 0.3) is 0 Å². The lowest BCUT2D eigenvalue weighted by molar-refractivity contribution is -0.137. The third-order valence-electron chi connectivity index (χ3n) is 3.51. The Labute approximate surface area is 120 Å². The fourth-order valence-electron chi connectivity index (χ4n) is 2.69. The molecule has 1 saturated heterocycles. The first-order chi connectivity index (χ1) is 9.19. The highest BCUT2D eigenvalue weighted by Gasteiger charge is 2.28. The molecule has 0 aromatic heterocycles. The zero-order valence-corrected chi connectivity index (χ0v) is 12.6. The van der Waals surface area contributed by atoms with Gasteiger partial charge in [-0.2, -0.15) is 0 Å². The lowest BCUT2D eigenvalue weighted by Crippen LogP contribution is -2.49. The standard InChI is InChI=1S/C14H26N2O4/c1-14(2,20)10-15(3)13(19)16-8-4-5-11(9-16)6-7-12(17)18/h11,20H,4-10H2,1-3H3,(H,17,18). The van der Waals surface area contributed by atoms with Crippen molar-refractivity contribution in [2.75, 3.05) is 26.7 Å². The molecule has 2 amide bonds. The molecule has 20 heavy (non-hydrogen) atoms. The second-order valence-electron chi connectivity index (χ2n) is 6.34. The third kappa shape index (κ3) is 5.77. The van der Waals surface area contributed by atoms with E-state index >= 15 is 0 Å². The number of likely N-dealkylation sites (tertiary alicyclic amines) is 1. The van der Waals surface area contributed by atoms with Crippen molar-refractivity contribution in [3.8, 4) is 0 Å². The summed E-state index contributed by atoms with van der Waals surface area (Å²) in [5.41, 5.74) is -0.914. The first-order valence-electron chi connectivity index (χ1n) is 7.13. The molecule has 1 aliphatic heterocycles. The van der Waals surface area contributed by atoms with Crippen molar-refractivity contribution in [3.63, 3.8) is 0 Å². The number of rotatable bonds is 5. The van der Waals surface area contributed by atoms with Gasteiger partial charge in [-0.25, -0.2) is 4.79 Å². The molecule has 0 spiro atoms. The normalized spacial score (nSPS) is 19.8. The molecule has 0 aromatic rings. The van der Waals surface area contributed by atoms with Gasteiger partial charge >= 0.3 is 12.0 Å². The molecule has 0 saturated carbocycles. The number of urea groups is 1. The largest absolute Gasteiger partial charge is 0.481 e. The Balaban J connectivity index is 2.49. The zero-order chi connectivity index (χ0) is 15.3. The summed E-state index contributed by atoms with van der Waals surface area (Å²) in [6, 6.07) is -0.0906. The lowest BCUT2D eigenvalue weighted by atomic mass is 9.93. The molecule has 2 N–H and O–H groups in total. The van der Waals surface area contributed by atoms with Crippen LogP contribution in [-0.4, -0.2) is 64.3 Å². The molecule has 1 aliphatic rings. The van der Waals surface area contributed by atoms with E-state index in [0.717, 1.165) is 12.8 Å². The first kappa shape index (κ1) is 16.8. The van der Waals surface area contributed by atoms with Crippen LogP contribution in [0.4, 0.5) is 4.79 Å². The number of carboxylic acids is 1. The molecule has 1 fully saturated rings. The van der Waals surface area contributed by atoms with Crippen molar-refractivity contribution in [2.45, 2.75) is 45.1 Å². The van der Waals surface area contributed by atoms with Gasteiger partial charge in [0.05, 0.1) is 12.1 Å². The van der Waals surface area contributed by atoms with Crippen LogP contribution >= 0.6 is 0 Å². The quantitative estimate of drug-likeness (QED) is 0.800. The SMILES string of the molecule is CN(CC(C)(C)O)C(=O)N1CCCC(CCC(=O)O)C1. The van der Waals surface area contributed by atoms with Crippen molar-refractivity contribution in [1.82, 2.24) is 9.80 Å². The summed E-state index contributed by atoms with van der Waals surface area (Å²) in [5.74, 6) is -0.521. The number of amides is 2. The Morgan fingerprint density at radius 1 is 1.40 bits per heavy atom. The van der Waals surface area contributed by atoms with Crippen molar-refractivity contribution >= 4 is 12.0 Å². The average molecular weight is 286 g/mol. The highest BCUT2D eigenvalue weighted by molar-refractivity contribution is 5.74. The van der Waals surface area contributed by atoms with Gasteiger partial charge in [0, 0.05) is 26.6 Å². The molecule has 0 aliphatic carbocycles. The van der Waals surface area contributed by atoms with Crippen molar-refractivity contribution in [1.29, 1.82) is 0 Å². The third-order valence-corrected chi connectivity index (χ3v) is 3.51. The second-order valence-corrected chi connectivity index (χ2v) is 6.34. The van der Waals surface area contributed by atoms with Gasteiger partial charge < -0.3 is 20.0 Å². The number of hydrogen-bond donors (Lipinski definition) is 2. The topological polar surface area (TPSA) is 81.1 Å². The van der Waals surface area contributed by atoms with Crippen LogP contribution in [0, 0.1) is 5.92 Å². The molecule has 6 heteroatoms. The van der Waals surface area contributed by atoms with Gasteiger partial charge in [0.25, 0.3) is 0 Å². The van der Waals surface area contributed by atoms with Gasteiger partial charge in [-0.05, 0) is 39.0 Å². The lowest BCUT2D eigenvalue weighted by Gasteiger charge is -2.36. The number of hydrogen-bond acceptors (Lipinski definition) is 3. The number of likely N-dealkylation sites (N-methyl/N-ethyl adjacent to an activating group) is 1. The summed E-state index contributed by atoms with van der Waals surface area (Å²) < 4.78 is 0. The van der Waals surface area contributed by atoms with Gasteiger partial charge in [-0.1, -0.05) is 0 Å². The fourth-order valence-corrected chi connectivity index (χ4v) is 2.69. The van der Waals surface area contributed by atoms with E-state index in [9.17, 15) is 14.7 Å². The molecule has 6 nitrogen and oxygen atoms in total. The molecule has 0 bridgehead atoms. The Bertz CT molecular complexity index is 352. The summed E-state index contributed by atoms with van der Waals surface area (Å²) in [5, 5.41) is 18.5. The van der Waals surface area contributed by atoms with E-state index in [-0.39, 0.29) is 24.9 Å². The molecular formula is C14H26N2O4. The van der Waals surface area contributed by atoms with E-state index in [4.69, 9.17) is 5.11 Å². The summed E-state index contributed by atoms with van der Waals surface area (Å²) in [7, 11) is 1.68. The molecule has 1 unspecified atom stereocenters. The number of nitrogens with zero attached hydrogens (tertiary/aromatic N) is 2. The Kier molecular flexibility index (Phi) is 5.80. The van der Waals surface area contributed by atoms with E-state index in [1.807, 2.05) is 0 Å². The maximum absolute atomic E-state index is 12.3. The van der Waals surface area contributed by atoms with Crippen LogP contribution in [0.3, 0.4) is 0 Å². The Morgan fingerprint density at radius 2 is 2.05 bits per heavy atom. The maximum Gasteiger partial charge on any atom is 0.319 e. The van der Waals surface area contributed by atoms with Crippen LogP contribution in [0.1, 0.15) is 39.5 Å². The maximum atomic E-state index is 12.3. The van der Waals surface area contributed by atoms with E-state index in [2.05, 4.69) is 0 Å². The van der Waals surface area contributed by atoms with Crippen LogP contribution in [-0.2, 0) is 4.79 Å². The number of carbonyl (C=O) groups is 2. The number of aliphatic carboxylic acids is 1. The Morgan fingerprint density at radius 3 is 2.60 bits per heavy atom. The van der Waals surface area contributed by atoms with Crippen LogP contribution in [0.2, 0.25) is 0 Å². The number of carbonyl (C=O) groups excluding carboxylic acids is 1. The molecular weight excluding hydrogens is 260 g/mol. The average Bonchev–Trinajstić information content (AvgIpc) is 2.33. The smallest absolute Gasteiger partial charge is 0.319 e. The van der Waals surface area contributed by atoms with Gasteiger partial charge in [0.1, 0.15) is 0 Å². The van der Waals surface area contributed by atoms with Crippen LogP contribution in [0.15, 0.2) is 0 Å². The zero-order valence-electron chi connectivity index (χ0n) is 12.6. The van der Waals surface area contributed by atoms with E-state index in [0.29, 0.717) is 19.5 Å². The first-order valence-corrected chi connectivity index (χ1v) is 7.13. The minimum Gasteiger partial charge on any atom is -0.481 e. The molecule has 0 radical (unpaired) electrons. The molecule has 1 heterocycles. The molecule has 0 aromatic carbocycles. The minimum absolute atomic E-state index is 0.0906.